The smallest absolute Gasteiger partial charge is 0.220 e. The molecule has 1 aliphatic heterocycles. The van der Waals surface area contributed by atoms with Crippen molar-refractivity contribution in [3.05, 3.63) is 71.9 Å². The molecule has 1 saturated heterocycles. The zero-order valence-corrected chi connectivity index (χ0v) is 20.0. The molecule has 1 aliphatic rings. The van der Waals surface area contributed by atoms with Gasteiger partial charge in [-0.2, -0.15) is 5.10 Å². The molecule has 0 spiro atoms. The number of nitrogens with one attached hydrogen (secondary N) is 1. The summed E-state index contributed by atoms with van der Waals surface area (Å²) in [5.41, 5.74) is 5.38. The molecule has 33 heavy (non-hydrogen) atoms. The van der Waals surface area contributed by atoms with Gasteiger partial charge in [-0.15, -0.1) is 0 Å². The van der Waals surface area contributed by atoms with Crippen molar-refractivity contribution in [3.63, 3.8) is 0 Å². The lowest BCUT2D eigenvalue weighted by atomic mass is 10.0. The topological polar surface area (TPSA) is 50.2 Å². The van der Waals surface area contributed by atoms with Crippen molar-refractivity contribution in [1.82, 2.24) is 20.0 Å². The SMILES string of the molecule is Cc1ccc(-c2nn(-c3ccccc3)cc2CCC(=O)NCCCN2CCCC(C)C2)cc1. The van der Waals surface area contributed by atoms with Crippen LogP contribution < -0.4 is 5.32 Å². The van der Waals surface area contributed by atoms with Crippen LogP contribution in [0.25, 0.3) is 16.9 Å². The third kappa shape index (κ3) is 6.55. The molecule has 5 heteroatoms. The summed E-state index contributed by atoms with van der Waals surface area (Å²) >= 11 is 0. The largest absolute Gasteiger partial charge is 0.356 e. The zero-order chi connectivity index (χ0) is 23.0. The number of aromatic nitrogens is 2. The third-order valence-corrected chi connectivity index (χ3v) is 6.47. The number of benzene rings is 2. The van der Waals surface area contributed by atoms with Crippen molar-refractivity contribution in [3.8, 4) is 16.9 Å². The summed E-state index contributed by atoms with van der Waals surface area (Å²) in [6.45, 7) is 8.64. The highest BCUT2D eigenvalue weighted by Crippen LogP contribution is 2.25. The Morgan fingerprint density at radius 1 is 1.12 bits per heavy atom. The molecule has 1 unspecified atom stereocenters. The number of amides is 1. The van der Waals surface area contributed by atoms with Crippen LogP contribution in [0.15, 0.2) is 60.8 Å². The van der Waals surface area contributed by atoms with Crippen molar-refractivity contribution in [2.24, 2.45) is 5.92 Å². The summed E-state index contributed by atoms with van der Waals surface area (Å²) in [7, 11) is 0. The predicted octanol–water partition coefficient (Wildman–Crippen LogP) is 5.02. The summed E-state index contributed by atoms with van der Waals surface area (Å²) in [4.78, 5) is 15.1. The maximum absolute atomic E-state index is 12.5. The first-order valence-corrected chi connectivity index (χ1v) is 12.3. The molecule has 1 atom stereocenters. The fraction of sp³-hybridized carbons (Fsp3) is 0.429. The Kier molecular flexibility index (Phi) is 7.95. The molecule has 2 heterocycles. The molecule has 3 aromatic rings. The van der Waals surface area contributed by atoms with E-state index < -0.39 is 0 Å². The van der Waals surface area contributed by atoms with Gasteiger partial charge in [0.25, 0.3) is 0 Å². The number of carbonyl (C=O) groups is 1. The average molecular weight is 445 g/mol. The summed E-state index contributed by atoms with van der Waals surface area (Å²) in [5.74, 6) is 0.914. The molecular weight excluding hydrogens is 408 g/mol. The molecule has 0 aliphatic carbocycles. The number of nitrogens with zero attached hydrogens (tertiary/aromatic N) is 3. The normalized spacial score (nSPS) is 16.6. The number of likely N-dealkylation sites (tertiary alicyclic amines) is 1. The van der Waals surface area contributed by atoms with Gasteiger partial charge in [-0.25, -0.2) is 4.68 Å². The first kappa shape index (κ1) is 23.2. The van der Waals surface area contributed by atoms with E-state index in [0.717, 1.165) is 47.9 Å². The highest BCUT2D eigenvalue weighted by atomic mass is 16.1. The Labute approximate surface area is 197 Å². The van der Waals surface area contributed by atoms with Crippen molar-refractivity contribution in [1.29, 1.82) is 0 Å². The van der Waals surface area contributed by atoms with E-state index in [9.17, 15) is 4.79 Å². The van der Waals surface area contributed by atoms with Crippen molar-refractivity contribution < 1.29 is 4.79 Å². The number of para-hydroxylation sites is 1. The Hall–Kier alpha value is -2.92. The maximum Gasteiger partial charge on any atom is 0.220 e. The molecule has 174 valence electrons. The fourth-order valence-corrected chi connectivity index (χ4v) is 4.62. The lowest BCUT2D eigenvalue weighted by Gasteiger charge is -2.30. The van der Waals surface area contributed by atoms with E-state index in [1.807, 2.05) is 35.0 Å². The second kappa shape index (κ2) is 11.3. The van der Waals surface area contributed by atoms with Crippen molar-refractivity contribution in [2.45, 2.75) is 46.0 Å². The Balaban J connectivity index is 1.35. The van der Waals surface area contributed by atoms with E-state index >= 15 is 0 Å². The van der Waals surface area contributed by atoms with Crippen LogP contribution in [0.4, 0.5) is 0 Å². The zero-order valence-electron chi connectivity index (χ0n) is 20.0. The number of rotatable bonds is 9. The van der Waals surface area contributed by atoms with E-state index in [0.29, 0.717) is 12.8 Å². The van der Waals surface area contributed by atoms with Crippen LogP contribution in [0.2, 0.25) is 0 Å². The summed E-state index contributed by atoms with van der Waals surface area (Å²) in [6, 6.07) is 18.6. The van der Waals surface area contributed by atoms with Gasteiger partial charge in [-0.1, -0.05) is 55.0 Å². The van der Waals surface area contributed by atoms with Crippen molar-refractivity contribution in [2.75, 3.05) is 26.2 Å². The first-order valence-electron chi connectivity index (χ1n) is 12.3. The number of hydrogen-bond acceptors (Lipinski definition) is 3. The lowest BCUT2D eigenvalue weighted by Crippen LogP contribution is -2.36. The number of piperidine rings is 1. The van der Waals surface area contributed by atoms with E-state index in [4.69, 9.17) is 5.10 Å². The lowest BCUT2D eigenvalue weighted by molar-refractivity contribution is -0.121. The highest BCUT2D eigenvalue weighted by molar-refractivity contribution is 5.76. The molecule has 5 nitrogen and oxygen atoms in total. The molecule has 0 radical (unpaired) electrons. The maximum atomic E-state index is 12.5. The number of aryl methyl sites for hydroxylation is 2. The first-order chi connectivity index (χ1) is 16.1. The quantitative estimate of drug-likeness (QED) is 0.472. The van der Waals surface area contributed by atoms with E-state index in [1.165, 1.54) is 31.5 Å². The standard InChI is InChI=1S/C28H36N4O/c1-22-11-13-24(14-12-22)28-25(21-32(30-28)26-9-4-3-5-10-26)15-16-27(33)29-17-7-19-31-18-6-8-23(2)20-31/h3-5,9-14,21,23H,6-8,15-20H2,1-2H3,(H,29,33). The third-order valence-electron chi connectivity index (χ3n) is 6.47. The minimum absolute atomic E-state index is 0.115. The molecule has 1 fully saturated rings. The molecule has 2 aromatic carbocycles. The molecule has 1 N–H and O–H groups in total. The second-order valence-corrected chi connectivity index (χ2v) is 9.40. The van der Waals surface area contributed by atoms with Gasteiger partial charge in [0.1, 0.15) is 0 Å². The van der Waals surface area contributed by atoms with E-state index in [1.54, 1.807) is 0 Å². The van der Waals surface area contributed by atoms with Gasteiger partial charge < -0.3 is 10.2 Å². The number of hydrogen-bond donors (Lipinski definition) is 1. The van der Waals surface area contributed by atoms with Crippen LogP contribution in [-0.4, -0.2) is 46.8 Å². The minimum Gasteiger partial charge on any atom is -0.356 e. The molecule has 0 bridgehead atoms. The van der Waals surface area contributed by atoms with E-state index in [2.05, 4.69) is 54.5 Å². The van der Waals surface area contributed by atoms with Gasteiger partial charge >= 0.3 is 0 Å². The van der Waals surface area contributed by atoms with Crippen LogP contribution in [0.1, 0.15) is 43.7 Å². The van der Waals surface area contributed by atoms with Crippen LogP contribution in [0.5, 0.6) is 0 Å². The molecule has 1 amide bonds. The van der Waals surface area contributed by atoms with Crippen molar-refractivity contribution >= 4 is 5.91 Å². The predicted molar refractivity (Wildman–Crippen MR) is 135 cm³/mol. The fourth-order valence-electron chi connectivity index (χ4n) is 4.62. The van der Waals surface area contributed by atoms with Gasteiger partial charge in [0, 0.05) is 31.3 Å². The van der Waals surface area contributed by atoms with E-state index in [-0.39, 0.29) is 5.91 Å². The Morgan fingerprint density at radius 2 is 1.91 bits per heavy atom. The van der Waals surface area contributed by atoms with Gasteiger partial charge in [0.05, 0.1) is 11.4 Å². The van der Waals surface area contributed by atoms with Gasteiger partial charge in [0.2, 0.25) is 5.91 Å². The summed E-state index contributed by atoms with van der Waals surface area (Å²) in [6.07, 6.45) is 6.87. The summed E-state index contributed by atoms with van der Waals surface area (Å²) in [5, 5.41) is 7.99. The van der Waals surface area contributed by atoms with Gasteiger partial charge in [-0.05, 0) is 69.3 Å². The van der Waals surface area contributed by atoms with Crippen LogP contribution in [0, 0.1) is 12.8 Å². The summed E-state index contributed by atoms with van der Waals surface area (Å²) < 4.78 is 1.92. The molecule has 4 rings (SSSR count). The van der Waals surface area contributed by atoms with Crippen LogP contribution in [-0.2, 0) is 11.2 Å². The second-order valence-electron chi connectivity index (χ2n) is 9.40. The molecule has 1 aromatic heterocycles. The number of carbonyl (C=O) groups excluding carboxylic acids is 1. The Bertz CT molecular complexity index is 1030. The monoisotopic (exact) mass is 444 g/mol. The molecular formula is C28H36N4O. The van der Waals surface area contributed by atoms with Gasteiger partial charge in [0.15, 0.2) is 0 Å². The average Bonchev–Trinajstić information content (AvgIpc) is 3.26. The minimum atomic E-state index is 0.115. The van der Waals surface area contributed by atoms with Gasteiger partial charge in [-0.3, -0.25) is 4.79 Å². The molecule has 0 saturated carbocycles. The van der Waals surface area contributed by atoms with Crippen LogP contribution in [0.3, 0.4) is 0 Å². The Morgan fingerprint density at radius 3 is 2.67 bits per heavy atom. The highest BCUT2D eigenvalue weighted by Gasteiger charge is 2.16. The van der Waals surface area contributed by atoms with Crippen LogP contribution >= 0.6 is 0 Å².